The van der Waals surface area contributed by atoms with Gasteiger partial charge in [-0.1, -0.05) is 17.7 Å². The molecule has 0 atom stereocenters. The van der Waals surface area contributed by atoms with Crippen LogP contribution in [0.2, 0.25) is 0 Å². The number of ether oxygens (including phenoxy) is 1. The summed E-state index contributed by atoms with van der Waals surface area (Å²) in [5, 5.41) is 12.2. The van der Waals surface area contributed by atoms with Gasteiger partial charge in [0.2, 0.25) is 5.91 Å². The van der Waals surface area contributed by atoms with E-state index in [1.807, 2.05) is 25.1 Å². The fourth-order valence-corrected chi connectivity index (χ4v) is 1.60. The number of nitrogens with one attached hydrogen (secondary N) is 1. The number of benzene rings is 1. The van der Waals surface area contributed by atoms with E-state index < -0.39 is 5.60 Å². The lowest BCUT2D eigenvalue weighted by Crippen LogP contribution is -2.38. The van der Waals surface area contributed by atoms with Gasteiger partial charge in [-0.15, -0.1) is 0 Å². The van der Waals surface area contributed by atoms with E-state index in [4.69, 9.17) is 4.74 Å². The van der Waals surface area contributed by atoms with Gasteiger partial charge in [0, 0.05) is 12.1 Å². The highest BCUT2D eigenvalue weighted by atomic mass is 16.5. The van der Waals surface area contributed by atoms with Crippen LogP contribution in [0.25, 0.3) is 0 Å². The number of aliphatic hydroxyl groups is 1. The zero-order chi connectivity index (χ0) is 13.8. The van der Waals surface area contributed by atoms with E-state index in [0.29, 0.717) is 5.75 Å². The third kappa shape index (κ3) is 4.75. The molecule has 1 aromatic carbocycles. The molecule has 0 bridgehead atoms. The monoisotopic (exact) mass is 251 g/mol. The molecule has 0 fully saturated rings. The van der Waals surface area contributed by atoms with E-state index in [0.717, 1.165) is 11.1 Å². The Bertz CT molecular complexity index is 422. The highest BCUT2D eigenvalue weighted by Crippen LogP contribution is 2.20. The molecule has 4 heteroatoms. The lowest BCUT2D eigenvalue weighted by Gasteiger charge is -2.18. The first-order valence-corrected chi connectivity index (χ1v) is 5.94. The highest BCUT2D eigenvalue weighted by molar-refractivity contribution is 5.79. The molecule has 4 nitrogen and oxygen atoms in total. The molecule has 0 aromatic heterocycles. The molecule has 1 rings (SSSR count). The predicted octanol–water partition coefficient (Wildman–Crippen LogP) is 1.43. The van der Waals surface area contributed by atoms with Gasteiger partial charge in [-0.3, -0.25) is 4.79 Å². The molecule has 0 unspecified atom stereocenters. The maximum absolute atomic E-state index is 11.8. The molecule has 18 heavy (non-hydrogen) atoms. The van der Waals surface area contributed by atoms with E-state index in [2.05, 4.69) is 5.32 Å². The van der Waals surface area contributed by atoms with Crippen LogP contribution in [0.1, 0.15) is 25.0 Å². The van der Waals surface area contributed by atoms with Gasteiger partial charge < -0.3 is 15.2 Å². The van der Waals surface area contributed by atoms with Crippen molar-refractivity contribution in [2.45, 2.75) is 32.8 Å². The van der Waals surface area contributed by atoms with Crippen molar-refractivity contribution in [1.82, 2.24) is 5.32 Å². The molecular weight excluding hydrogens is 230 g/mol. The second kappa shape index (κ2) is 5.87. The number of hydrogen-bond acceptors (Lipinski definition) is 3. The summed E-state index contributed by atoms with van der Waals surface area (Å²) in [4.78, 5) is 11.8. The topological polar surface area (TPSA) is 58.6 Å². The zero-order valence-corrected chi connectivity index (χ0v) is 11.4. The van der Waals surface area contributed by atoms with Crippen molar-refractivity contribution in [2.24, 2.45) is 0 Å². The summed E-state index contributed by atoms with van der Waals surface area (Å²) >= 11 is 0. The number of aryl methyl sites for hydroxylation is 1. The van der Waals surface area contributed by atoms with Crippen LogP contribution in [-0.2, 0) is 11.2 Å². The van der Waals surface area contributed by atoms with E-state index in [-0.39, 0.29) is 18.9 Å². The van der Waals surface area contributed by atoms with E-state index in [1.165, 1.54) is 0 Å². The van der Waals surface area contributed by atoms with Crippen LogP contribution in [-0.4, -0.2) is 30.3 Å². The SMILES string of the molecule is COc1ccc(C)cc1CC(=O)NCC(C)(C)O. The second-order valence-corrected chi connectivity index (χ2v) is 5.08. The van der Waals surface area contributed by atoms with Gasteiger partial charge in [0.05, 0.1) is 19.1 Å². The zero-order valence-electron chi connectivity index (χ0n) is 11.4. The van der Waals surface area contributed by atoms with E-state index >= 15 is 0 Å². The van der Waals surface area contributed by atoms with Crippen molar-refractivity contribution in [2.75, 3.05) is 13.7 Å². The minimum atomic E-state index is -0.896. The molecule has 0 saturated heterocycles. The van der Waals surface area contributed by atoms with Crippen LogP contribution in [0.4, 0.5) is 0 Å². The van der Waals surface area contributed by atoms with E-state index in [1.54, 1.807) is 21.0 Å². The van der Waals surface area contributed by atoms with Gasteiger partial charge in [0.25, 0.3) is 0 Å². The van der Waals surface area contributed by atoms with Gasteiger partial charge in [0.1, 0.15) is 5.75 Å². The van der Waals surface area contributed by atoms with Crippen molar-refractivity contribution in [1.29, 1.82) is 0 Å². The Hall–Kier alpha value is -1.55. The van der Waals surface area contributed by atoms with Gasteiger partial charge >= 0.3 is 0 Å². The second-order valence-electron chi connectivity index (χ2n) is 5.08. The van der Waals surface area contributed by atoms with Crippen LogP contribution < -0.4 is 10.1 Å². The molecule has 0 heterocycles. The molecular formula is C14H21NO3. The fraction of sp³-hybridized carbons (Fsp3) is 0.500. The van der Waals surface area contributed by atoms with Crippen LogP contribution in [0.5, 0.6) is 5.75 Å². The molecule has 0 aliphatic heterocycles. The summed E-state index contributed by atoms with van der Waals surface area (Å²) in [5.41, 5.74) is 1.04. The summed E-state index contributed by atoms with van der Waals surface area (Å²) in [6.45, 7) is 5.51. The summed E-state index contributed by atoms with van der Waals surface area (Å²) < 4.78 is 5.22. The quantitative estimate of drug-likeness (QED) is 0.832. The number of methoxy groups -OCH3 is 1. The molecule has 0 saturated carbocycles. The third-order valence-electron chi connectivity index (χ3n) is 2.51. The van der Waals surface area contributed by atoms with Gasteiger partial charge in [-0.05, 0) is 26.8 Å². The molecule has 1 aromatic rings. The van der Waals surface area contributed by atoms with Crippen LogP contribution >= 0.6 is 0 Å². The molecule has 0 radical (unpaired) electrons. The van der Waals surface area contributed by atoms with Crippen molar-refractivity contribution in [3.05, 3.63) is 29.3 Å². The molecule has 0 aliphatic rings. The van der Waals surface area contributed by atoms with Crippen molar-refractivity contribution >= 4 is 5.91 Å². The van der Waals surface area contributed by atoms with Gasteiger partial charge in [-0.2, -0.15) is 0 Å². The number of amides is 1. The van der Waals surface area contributed by atoms with Crippen molar-refractivity contribution in [3.8, 4) is 5.75 Å². The highest BCUT2D eigenvalue weighted by Gasteiger charge is 2.15. The lowest BCUT2D eigenvalue weighted by atomic mass is 10.1. The first kappa shape index (κ1) is 14.5. The Morgan fingerprint density at radius 3 is 2.67 bits per heavy atom. The van der Waals surface area contributed by atoms with Crippen LogP contribution in [0, 0.1) is 6.92 Å². The number of hydrogen-bond donors (Lipinski definition) is 2. The predicted molar refractivity (Wildman–Crippen MR) is 70.7 cm³/mol. The normalized spacial score (nSPS) is 11.2. The minimum absolute atomic E-state index is 0.124. The van der Waals surface area contributed by atoms with Crippen molar-refractivity contribution < 1.29 is 14.6 Å². The fourth-order valence-electron chi connectivity index (χ4n) is 1.60. The summed E-state index contributed by atoms with van der Waals surface area (Å²) in [6, 6.07) is 5.73. The maximum Gasteiger partial charge on any atom is 0.224 e. The summed E-state index contributed by atoms with van der Waals surface area (Å²) in [5.74, 6) is 0.583. The standard InChI is InChI=1S/C14H21NO3/c1-10-5-6-12(18-4)11(7-10)8-13(16)15-9-14(2,3)17/h5-7,17H,8-9H2,1-4H3,(H,15,16). The van der Waals surface area contributed by atoms with Gasteiger partial charge in [-0.25, -0.2) is 0 Å². The van der Waals surface area contributed by atoms with Crippen LogP contribution in [0.3, 0.4) is 0 Å². The molecule has 0 aliphatic carbocycles. The Balaban J connectivity index is 2.66. The Morgan fingerprint density at radius 1 is 1.44 bits per heavy atom. The number of rotatable bonds is 5. The average Bonchev–Trinajstić information content (AvgIpc) is 2.26. The molecule has 1 amide bonds. The first-order chi connectivity index (χ1) is 8.31. The average molecular weight is 251 g/mol. The molecule has 100 valence electrons. The summed E-state index contributed by atoms with van der Waals surface area (Å²) in [6.07, 6.45) is 0.251. The Morgan fingerprint density at radius 2 is 2.11 bits per heavy atom. The van der Waals surface area contributed by atoms with Crippen LogP contribution in [0.15, 0.2) is 18.2 Å². The third-order valence-corrected chi connectivity index (χ3v) is 2.51. The smallest absolute Gasteiger partial charge is 0.224 e. The Kier molecular flexibility index (Phi) is 4.73. The lowest BCUT2D eigenvalue weighted by molar-refractivity contribution is -0.121. The molecule has 2 N–H and O–H groups in total. The van der Waals surface area contributed by atoms with Crippen molar-refractivity contribution in [3.63, 3.8) is 0 Å². The number of carbonyl (C=O) groups is 1. The minimum Gasteiger partial charge on any atom is -0.496 e. The molecule has 0 spiro atoms. The maximum atomic E-state index is 11.8. The Labute approximate surface area is 108 Å². The summed E-state index contributed by atoms with van der Waals surface area (Å²) in [7, 11) is 1.59. The van der Waals surface area contributed by atoms with Gasteiger partial charge in [0.15, 0.2) is 0 Å². The first-order valence-electron chi connectivity index (χ1n) is 5.94. The number of carbonyl (C=O) groups excluding carboxylic acids is 1. The largest absolute Gasteiger partial charge is 0.496 e. The van der Waals surface area contributed by atoms with E-state index in [9.17, 15) is 9.90 Å².